The second-order valence-corrected chi connectivity index (χ2v) is 8.99. The number of carbonyl (C=O) groups is 2. The van der Waals surface area contributed by atoms with Gasteiger partial charge in [-0.05, 0) is 47.9 Å². The first kappa shape index (κ1) is 21.6. The highest BCUT2D eigenvalue weighted by Crippen LogP contribution is 2.31. The van der Waals surface area contributed by atoms with E-state index in [0.29, 0.717) is 21.7 Å². The van der Waals surface area contributed by atoms with Crippen molar-refractivity contribution in [3.63, 3.8) is 0 Å². The SMILES string of the molecule is CCC(=O)Nc1cc(S(=O)(=O)Nc2ccc3sc(C(=O)OC)cc3c2)ccc1OC. The zero-order valence-corrected chi connectivity index (χ0v) is 18.1. The Morgan fingerprint density at radius 2 is 1.83 bits per heavy atom. The Morgan fingerprint density at radius 3 is 2.50 bits per heavy atom. The number of carbonyl (C=O) groups excluding carboxylic acids is 2. The molecule has 2 aromatic carbocycles. The number of hydrogen-bond donors (Lipinski definition) is 2. The van der Waals surface area contributed by atoms with E-state index in [0.717, 1.165) is 4.70 Å². The number of benzene rings is 2. The van der Waals surface area contributed by atoms with Gasteiger partial charge in [0.25, 0.3) is 10.0 Å². The number of ether oxygens (including phenoxy) is 2. The number of esters is 1. The van der Waals surface area contributed by atoms with Crippen LogP contribution < -0.4 is 14.8 Å². The Hall–Kier alpha value is -3.11. The van der Waals surface area contributed by atoms with Gasteiger partial charge in [0.15, 0.2) is 0 Å². The summed E-state index contributed by atoms with van der Waals surface area (Å²) in [6.07, 6.45) is 0.243. The molecule has 8 nitrogen and oxygen atoms in total. The van der Waals surface area contributed by atoms with Crippen molar-refractivity contribution in [2.45, 2.75) is 18.2 Å². The van der Waals surface area contributed by atoms with Crippen LogP contribution in [0.15, 0.2) is 47.4 Å². The molecule has 3 rings (SSSR count). The highest BCUT2D eigenvalue weighted by atomic mass is 32.2. The molecule has 30 heavy (non-hydrogen) atoms. The van der Waals surface area contributed by atoms with Crippen molar-refractivity contribution in [2.75, 3.05) is 24.3 Å². The van der Waals surface area contributed by atoms with E-state index in [2.05, 4.69) is 10.0 Å². The second kappa shape index (κ2) is 8.72. The molecule has 0 saturated heterocycles. The van der Waals surface area contributed by atoms with Gasteiger partial charge < -0.3 is 14.8 Å². The molecule has 0 aliphatic heterocycles. The minimum absolute atomic E-state index is 0.0321. The van der Waals surface area contributed by atoms with Crippen LogP contribution >= 0.6 is 11.3 Å². The normalized spacial score (nSPS) is 11.2. The minimum Gasteiger partial charge on any atom is -0.495 e. The molecule has 3 aromatic rings. The molecule has 2 N–H and O–H groups in total. The van der Waals surface area contributed by atoms with Gasteiger partial charge in [0.2, 0.25) is 5.91 Å². The average Bonchev–Trinajstić information content (AvgIpc) is 3.16. The summed E-state index contributed by atoms with van der Waals surface area (Å²) >= 11 is 1.26. The zero-order valence-electron chi connectivity index (χ0n) is 16.5. The lowest BCUT2D eigenvalue weighted by Gasteiger charge is -2.13. The van der Waals surface area contributed by atoms with Crippen molar-refractivity contribution in [1.29, 1.82) is 0 Å². The van der Waals surface area contributed by atoms with Gasteiger partial charge in [-0.2, -0.15) is 0 Å². The molecular formula is C20H20N2O6S2. The molecule has 1 amide bonds. The summed E-state index contributed by atoms with van der Waals surface area (Å²) in [6, 6.07) is 10.8. The number of fused-ring (bicyclic) bond motifs is 1. The first-order valence-electron chi connectivity index (χ1n) is 8.90. The predicted octanol–water partition coefficient (Wildman–Crippen LogP) is 3.85. The van der Waals surface area contributed by atoms with Gasteiger partial charge in [-0.15, -0.1) is 11.3 Å². The maximum absolute atomic E-state index is 12.9. The van der Waals surface area contributed by atoms with Gasteiger partial charge in [-0.25, -0.2) is 13.2 Å². The predicted molar refractivity (Wildman–Crippen MR) is 116 cm³/mol. The van der Waals surface area contributed by atoms with Crippen LogP contribution in [0.3, 0.4) is 0 Å². The monoisotopic (exact) mass is 448 g/mol. The molecule has 0 bridgehead atoms. The molecule has 0 spiro atoms. The van der Waals surface area contributed by atoms with E-state index >= 15 is 0 Å². The molecule has 1 heterocycles. The first-order chi connectivity index (χ1) is 14.3. The molecule has 10 heteroatoms. The molecule has 0 radical (unpaired) electrons. The largest absolute Gasteiger partial charge is 0.495 e. The van der Waals surface area contributed by atoms with Crippen LogP contribution in [0.2, 0.25) is 0 Å². The summed E-state index contributed by atoms with van der Waals surface area (Å²) in [4.78, 5) is 23.8. The van der Waals surface area contributed by atoms with Gasteiger partial charge >= 0.3 is 5.97 Å². The van der Waals surface area contributed by atoms with E-state index in [1.54, 1.807) is 31.2 Å². The van der Waals surface area contributed by atoms with E-state index in [-0.39, 0.29) is 22.9 Å². The highest BCUT2D eigenvalue weighted by Gasteiger charge is 2.18. The highest BCUT2D eigenvalue weighted by molar-refractivity contribution is 7.92. The van der Waals surface area contributed by atoms with Crippen molar-refractivity contribution < 1.29 is 27.5 Å². The summed E-state index contributed by atoms with van der Waals surface area (Å²) in [5.74, 6) is -0.357. The molecule has 0 fully saturated rings. The van der Waals surface area contributed by atoms with E-state index in [4.69, 9.17) is 9.47 Å². The Labute approximate surface area is 177 Å². The molecule has 0 aliphatic rings. The smallest absolute Gasteiger partial charge is 0.348 e. The Morgan fingerprint density at radius 1 is 1.07 bits per heavy atom. The molecular weight excluding hydrogens is 428 g/mol. The van der Waals surface area contributed by atoms with Gasteiger partial charge in [0, 0.05) is 16.8 Å². The lowest BCUT2D eigenvalue weighted by Crippen LogP contribution is -2.15. The van der Waals surface area contributed by atoms with Crippen LogP contribution in [0.5, 0.6) is 5.75 Å². The number of nitrogens with one attached hydrogen (secondary N) is 2. The number of thiophene rings is 1. The van der Waals surface area contributed by atoms with Crippen LogP contribution in [0.25, 0.3) is 10.1 Å². The summed E-state index contributed by atoms with van der Waals surface area (Å²) in [5, 5.41) is 3.35. The summed E-state index contributed by atoms with van der Waals surface area (Å²) in [6.45, 7) is 1.69. The van der Waals surface area contributed by atoms with E-state index in [1.807, 2.05) is 0 Å². The second-order valence-electron chi connectivity index (χ2n) is 6.22. The van der Waals surface area contributed by atoms with Crippen molar-refractivity contribution in [2.24, 2.45) is 0 Å². The zero-order chi connectivity index (χ0) is 21.9. The molecule has 0 unspecified atom stereocenters. The summed E-state index contributed by atoms with van der Waals surface area (Å²) in [5.41, 5.74) is 0.606. The average molecular weight is 449 g/mol. The summed E-state index contributed by atoms with van der Waals surface area (Å²) < 4.78 is 39.0. The van der Waals surface area contributed by atoms with Crippen LogP contribution in [0, 0.1) is 0 Å². The van der Waals surface area contributed by atoms with Crippen LogP contribution in [0.4, 0.5) is 11.4 Å². The minimum atomic E-state index is -3.93. The molecule has 0 saturated carbocycles. The van der Waals surface area contributed by atoms with Gasteiger partial charge in [-0.3, -0.25) is 9.52 Å². The van der Waals surface area contributed by atoms with Crippen LogP contribution in [-0.2, 0) is 19.6 Å². The van der Waals surface area contributed by atoms with Crippen molar-refractivity contribution in [3.8, 4) is 5.75 Å². The van der Waals surface area contributed by atoms with Gasteiger partial charge in [0.05, 0.1) is 24.8 Å². The maximum atomic E-state index is 12.9. The number of sulfonamides is 1. The van der Waals surface area contributed by atoms with E-state index in [1.165, 1.54) is 43.8 Å². The number of rotatable bonds is 7. The van der Waals surface area contributed by atoms with Crippen LogP contribution in [-0.4, -0.2) is 34.5 Å². The molecule has 0 atom stereocenters. The number of hydrogen-bond acceptors (Lipinski definition) is 7. The maximum Gasteiger partial charge on any atom is 0.348 e. The number of amides is 1. The van der Waals surface area contributed by atoms with Crippen LogP contribution in [0.1, 0.15) is 23.0 Å². The lowest BCUT2D eigenvalue weighted by molar-refractivity contribution is -0.115. The number of methoxy groups -OCH3 is 2. The van der Waals surface area contributed by atoms with Gasteiger partial charge in [-0.1, -0.05) is 6.92 Å². The topological polar surface area (TPSA) is 111 Å². The Kier molecular flexibility index (Phi) is 6.28. The lowest BCUT2D eigenvalue weighted by atomic mass is 10.2. The fourth-order valence-corrected chi connectivity index (χ4v) is 4.75. The third-order valence-corrected chi connectivity index (χ3v) is 6.71. The quantitative estimate of drug-likeness (QED) is 0.531. The van der Waals surface area contributed by atoms with Crippen molar-refractivity contribution in [3.05, 3.63) is 47.3 Å². The molecule has 0 aliphatic carbocycles. The van der Waals surface area contributed by atoms with Crippen molar-refractivity contribution >= 4 is 54.7 Å². The fourth-order valence-electron chi connectivity index (χ4n) is 2.71. The third kappa shape index (κ3) is 4.55. The molecule has 158 valence electrons. The first-order valence-corrected chi connectivity index (χ1v) is 11.2. The van der Waals surface area contributed by atoms with E-state index < -0.39 is 16.0 Å². The van der Waals surface area contributed by atoms with E-state index in [9.17, 15) is 18.0 Å². The number of anilines is 2. The standard InChI is InChI=1S/C20H20N2O6S2/c1-4-19(23)21-15-11-14(6-7-16(15)27-2)30(25,26)22-13-5-8-17-12(9-13)10-18(29-17)20(24)28-3/h5-11,22H,4H2,1-3H3,(H,21,23). The summed E-state index contributed by atoms with van der Waals surface area (Å²) in [7, 11) is -1.19. The van der Waals surface area contributed by atoms with Gasteiger partial charge in [0.1, 0.15) is 10.6 Å². The van der Waals surface area contributed by atoms with Crippen molar-refractivity contribution in [1.82, 2.24) is 0 Å². The Balaban J connectivity index is 1.91. The Bertz CT molecular complexity index is 1220. The third-order valence-electron chi connectivity index (χ3n) is 4.23. The molecule has 1 aromatic heterocycles. The fraction of sp³-hybridized carbons (Fsp3) is 0.200.